The Balaban J connectivity index is 2.06. The van der Waals surface area contributed by atoms with Crippen LogP contribution in [0.4, 0.5) is 10.5 Å². The molecule has 1 aromatic carbocycles. The predicted molar refractivity (Wildman–Crippen MR) is 87.0 cm³/mol. The number of nitrogen functional groups attached to an aromatic ring is 1. The van der Waals surface area contributed by atoms with Crippen LogP contribution < -0.4 is 5.73 Å². The number of carbonyl (C=O) groups excluding carboxylic acids is 1. The second-order valence-electron chi connectivity index (χ2n) is 5.80. The van der Waals surface area contributed by atoms with Crippen LogP contribution in [0.5, 0.6) is 0 Å². The minimum Gasteiger partial charge on any atom is -0.398 e. The normalized spacial score (nSPS) is 15.6. The van der Waals surface area contributed by atoms with E-state index in [9.17, 15) is 4.79 Å². The Morgan fingerprint density at radius 2 is 1.86 bits per heavy atom. The Hall–Kier alpha value is -1.71. The highest BCUT2D eigenvalue weighted by Crippen LogP contribution is 2.17. The zero-order valence-electron chi connectivity index (χ0n) is 13.1. The summed E-state index contributed by atoms with van der Waals surface area (Å²) in [6, 6.07) is 7.98. The number of likely N-dealkylation sites (tertiary alicyclic amines) is 1. The van der Waals surface area contributed by atoms with Crippen molar-refractivity contribution in [1.82, 2.24) is 9.80 Å². The van der Waals surface area contributed by atoms with E-state index in [1.54, 1.807) is 0 Å². The van der Waals surface area contributed by atoms with Crippen LogP contribution in [0, 0.1) is 0 Å². The zero-order chi connectivity index (χ0) is 15.1. The van der Waals surface area contributed by atoms with E-state index in [0.717, 1.165) is 50.1 Å². The Kier molecular flexibility index (Phi) is 5.90. The molecule has 0 saturated carbocycles. The molecule has 0 atom stereocenters. The van der Waals surface area contributed by atoms with E-state index >= 15 is 0 Å². The molecule has 1 aliphatic rings. The van der Waals surface area contributed by atoms with Gasteiger partial charge in [0.15, 0.2) is 0 Å². The minimum absolute atomic E-state index is 0.169. The molecule has 1 aromatic rings. The van der Waals surface area contributed by atoms with Crippen molar-refractivity contribution in [2.45, 2.75) is 45.6 Å². The van der Waals surface area contributed by atoms with Gasteiger partial charge in [0.25, 0.3) is 0 Å². The van der Waals surface area contributed by atoms with Crippen LogP contribution >= 0.6 is 0 Å². The SMILES string of the molecule is CCCN(Cc1ccccc1N)C(=O)N1CCCCCC1. The van der Waals surface area contributed by atoms with Gasteiger partial charge in [-0.1, -0.05) is 38.0 Å². The summed E-state index contributed by atoms with van der Waals surface area (Å²) in [5.74, 6) is 0. The number of carbonyl (C=O) groups is 1. The van der Waals surface area contributed by atoms with E-state index in [4.69, 9.17) is 5.73 Å². The molecule has 1 aliphatic heterocycles. The zero-order valence-corrected chi connectivity index (χ0v) is 13.1. The van der Waals surface area contributed by atoms with Crippen molar-refractivity contribution < 1.29 is 4.79 Å². The van der Waals surface area contributed by atoms with Crippen molar-refractivity contribution >= 4 is 11.7 Å². The Morgan fingerprint density at radius 3 is 2.48 bits per heavy atom. The van der Waals surface area contributed by atoms with Crippen molar-refractivity contribution in [3.63, 3.8) is 0 Å². The van der Waals surface area contributed by atoms with Gasteiger partial charge >= 0.3 is 6.03 Å². The molecule has 0 radical (unpaired) electrons. The maximum absolute atomic E-state index is 12.8. The molecule has 0 bridgehead atoms. The van der Waals surface area contributed by atoms with E-state index in [0.29, 0.717) is 6.54 Å². The van der Waals surface area contributed by atoms with E-state index in [1.807, 2.05) is 34.1 Å². The molecule has 0 unspecified atom stereocenters. The van der Waals surface area contributed by atoms with Gasteiger partial charge in [-0.2, -0.15) is 0 Å². The van der Waals surface area contributed by atoms with Gasteiger partial charge in [-0.15, -0.1) is 0 Å². The average molecular weight is 289 g/mol. The summed E-state index contributed by atoms with van der Waals surface area (Å²) in [7, 11) is 0. The number of nitrogens with two attached hydrogens (primary N) is 1. The number of anilines is 1. The number of para-hydroxylation sites is 1. The van der Waals surface area contributed by atoms with E-state index < -0.39 is 0 Å². The van der Waals surface area contributed by atoms with Gasteiger partial charge in [0.2, 0.25) is 0 Å². The number of urea groups is 1. The molecule has 2 amide bonds. The topological polar surface area (TPSA) is 49.6 Å². The number of hydrogen-bond acceptors (Lipinski definition) is 2. The molecule has 1 saturated heterocycles. The van der Waals surface area contributed by atoms with Crippen molar-refractivity contribution in [2.75, 3.05) is 25.4 Å². The first-order valence-electron chi connectivity index (χ1n) is 8.09. The Bertz CT molecular complexity index is 453. The van der Waals surface area contributed by atoms with Crippen molar-refractivity contribution in [2.24, 2.45) is 0 Å². The highest BCUT2D eigenvalue weighted by Gasteiger charge is 2.21. The molecule has 0 aromatic heterocycles. The number of hydrogen-bond donors (Lipinski definition) is 1. The molecular formula is C17H27N3O. The van der Waals surface area contributed by atoms with E-state index in [1.165, 1.54) is 12.8 Å². The fourth-order valence-electron chi connectivity index (χ4n) is 2.86. The molecule has 0 spiro atoms. The summed E-state index contributed by atoms with van der Waals surface area (Å²) in [5, 5.41) is 0. The lowest BCUT2D eigenvalue weighted by molar-refractivity contribution is 0.151. The van der Waals surface area contributed by atoms with Crippen LogP contribution in [0.3, 0.4) is 0 Å². The van der Waals surface area contributed by atoms with Gasteiger partial charge in [-0.3, -0.25) is 0 Å². The Morgan fingerprint density at radius 1 is 1.19 bits per heavy atom. The van der Waals surface area contributed by atoms with Crippen LogP contribution in [-0.4, -0.2) is 35.5 Å². The maximum Gasteiger partial charge on any atom is 0.320 e. The smallest absolute Gasteiger partial charge is 0.320 e. The van der Waals surface area contributed by atoms with Crippen molar-refractivity contribution in [1.29, 1.82) is 0 Å². The molecule has 2 N–H and O–H groups in total. The second kappa shape index (κ2) is 7.91. The lowest BCUT2D eigenvalue weighted by Crippen LogP contribution is -2.43. The van der Waals surface area contributed by atoms with Crippen LogP contribution in [0.25, 0.3) is 0 Å². The van der Waals surface area contributed by atoms with Gasteiger partial charge in [0, 0.05) is 31.9 Å². The fraction of sp³-hybridized carbons (Fsp3) is 0.588. The van der Waals surface area contributed by atoms with Crippen LogP contribution in [0.15, 0.2) is 24.3 Å². The van der Waals surface area contributed by atoms with Gasteiger partial charge in [-0.25, -0.2) is 4.79 Å². The number of nitrogens with zero attached hydrogens (tertiary/aromatic N) is 2. The number of rotatable bonds is 4. The van der Waals surface area contributed by atoms with Crippen molar-refractivity contribution in [3.05, 3.63) is 29.8 Å². The third-order valence-electron chi connectivity index (χ3n) is 4.06. The summed E-state index contributed by atoms with van der Waals surface area (Å²) in [6.45, 7) is 5.28. The van der Waals surface area contributed by atoms with Gasteiger partial charge in [-0.05, 0) is 30.9 Å². The first-order valence-corrected chi connectivity index (χ1v) is 8.09. The molecular weight excluding hydrogens is 262 g/mol. The second-order valence-corrected chi connectivity index (χ2v) is 5.80. The summed E-state index contributed by atoms with van der Waals surface area (Å²) in [5.41, 5.74) is 7.82. The lowest BCUT2D eigenvalue weighted by atomic mass is 10.1. The quantitative estimate of drug-likeness (QED) is 0.863. The number of amides is 2. The molecule has 0 aliphatic carbocycles. The van der Waals surface area contributed by atoms with Gasteiger partial charge < -0.3 is 15.5 Å². The average Bonchev–Trinajstić information content (AvgIpc) is 2.77. The molecule has 2 rings (SSSR count). The largest absolute Gasteiger partial charge is 0.398 e. The molecule has 4 heteroatoms. The molecule has 1 fully saturated rings. The van der Waals surface area contributed by atoms with Gasteiger partial charge in [0.1, 0.15) is 0 Å². The first-order chi connectivity index (χ1) is 10.2. The molecule has 21 heavy (non-hydrogen) atoms. The third kappa shape index (κ3) is 4.38. The standard InChI is InChI=1S/C17H27N3O/c1-2-11-20(14-15-9-5-6-10-16(15)18)17(21)19-12-7-3-4-8-13-19/h5-6,9-10H,2-4,7-8,11-14,18H2,1H3. The van der Waals surface area contributed by atoms with Crippen molar-refractivity contribution in [3.8, 4) is 0 Å². The Labute approximate surface area is 127 Å². The van der Waals surface area contributed by atoms with Crippen LogP contribution in [-0.2, 0) is 6.54 Å². The highest BCUT2D eigenvalue weighted by molar-refractivity contribution is 5.74. The molecule has 116 valence electrons. The summed E-state index contributed by atoms with van der Waals surface area (Å²) in [4.78, 5) is 16.7. The van der Waals surface area contributed by atoms with Gasteiger partial charge in [0.05, 0.1) is 0 Å². The fourth-order valence-corrected chi connectivity index (χ4v) is 2.86. The first kappa shape index (κ1) is 15.7. The van der Waals surface area contributed by atoms with Crippen LogP contribution in [0.1, 0.15) is 44.6 Å². The molecule has 1 heterocycles. The monoisotopic (exact) mass is 289 g/mol. The third-order valence-corrected chi connectivity index (χ3v) is 4.06. The predicted octanol–water partition coefficient (Wildman–Crippen LogP) is 3.48. The van der Waals surface area contributed by atoms with Crippen LogP contribution in [0.2, 0.25) is 0 Å². The van der Waals surface area contributed by atoms with E-state index in [-0.39, 0.29) is 6.03 Å². The maximum atomic E-state index is 12.8. The minimum atomic E-state index is 0.169. The summed E-state index contributed by atoms with van der Waals surface area (Å²) >= 11 is 0. The summed E-state index contributed by atoms with van der Waals surface area (Å²) in [6.07, 6.45) is 5.69. The molecule has 4 nitrogen and oxygen atoms in total. The number of benzene rings is 1. The summed E-state index contributed by atoms with van der Waals surface area (Å²) < 4.78 is 0. The highest BCUT2D eigenvalue weighted by atomic mass is 16.2. The lowest BCUT2D eigenvalue weighted by Gasteiger charge is -2.30. The van der Waals surface area contributed by atoms with E-state index in [2.05, 4.69) is 6.92 Å².